The number of benzene rings is 2. The van der Waals surface area contributed by atoms with Crippen LogP contribution in [0, 0.1) is 0 Å². The largest absolute Gasteiger partial charge is 0.493 e. The maximum absolute atomic E-state index is 12.3. The minimum Gasteiger partial charge on any atom is -0.493 e. The van der Waals surface area contributed by atoms with Gasteiger partial charge in [0.1, 0.15) is 13.2 Å². The first-order chi connectivity index (χ1) is 13.0. The van der Waals surface area contributed by atoms with E-state index < -0.39 is 11.9 Å². The van der Waals surface area contributed by atoms with Gasteiger partial charge >= 0.3 is 5.97 Å². The number of halogens is 1. The highest BCUT2D eigenvalue weighted by atomic mass is 35.5. The van der Waals surface area contributed by atoms with Crippen LogP contribution in [0.15, 0.2) is 36.4 Å². The van der Waals surface area contributed by atoms with Crippen molar-refractivity contribution >= 4 is 23.5 Å². The predicted octanol–water partition coefficient (Wildman–Crippen LogP) is 2.84. The monoisotopic (exact) mass is 393 g/mol. The van der Waals surface area contributed by atoms with Crippen LogP contribution in [0.5, 0.6) is 17.2 Å². The van der Waals surface area contributed by atoms with Crippen LogP contribution in [0.1, 0.15) is 15.9 Å². The third kappa shape index (κ3) is 5.52. The van der Waals surface area contributed by atoms with Crippen molar-refractivity contribution in [3.05, 3.63) is 52.5 Å². The van der Waals surface area contributed by atoms with Gasteiger partial charge in [0.15, 0.2) is 11.5 Å². The zero-order valence-electron chi connectivity index (χ0n) is 15.2. The third-order valence-corrected chi connectivity index (χ3v) is 3.89. The van der Waals surface area contributed by atoms with Crippen LogP contribution in [0.25, 0.3) is 0 Å². The van der Waals surface area contributed by atoms with Crippen molar-refractivity contribution in [1.29, 1.82) is 0 Å². The van der Waals surface area contributed by atoms with E-state index in [0.717, 1.165) is 5.56 Å². The fourth-order valence-electron chi connectivity index (χ4n) is 2.26. The summed E-state index contributed by atoms with van der Waals surface area (Å²) in [4.78, 5) is 24.1. The lowest BCUT2D eigenvalue weighted by molar-refractivity contribution is -0.143. The van der Waals surface area contributed by atoms with Crippen molar-refractivity contribution in [1.82, 2.24) is 5.32 Å². The Bertz CT molecular complexity index is 781. The summed E-state index contributed by atoms with van der Waals surface area (Å²) in [5.41, 5.74) is 1.05. The van der Waals surface area contributed by atoms with Crippen LogP contribution >= 0.6 is 11.6 Å². The lowest BCUT2D eigenvalue weighted by Crippen LogP contribution is -2.30. The smallest absolute Gasteiger partial charge is 0.325 e. The predicted molar refractivity (Wildman–Crippen MR) is 99.7 cm³/mol. The van der Waals surface area contributed by atoms with Crippen molar-refractivity contribution < 1.29 is 28.5 Å². The van der Waals surface area contributed by atoms with Gasteiger partial charge in [-0.2, -0.15) is 0 Å². The number of esters is 1. The van der Waals surface area contributed by atoms with E-state index in [1.165, 1.54) is 33.5 Å². The van der Waals surface area contributed by atoms with Crippen LogP contribution in [-0.4, -0.2) is 39.8 Å². The number of hydrogen-bond donors (Lipinski definition) is 1. The molecule has 0 heterocycles. The minimum atomic E-state index is -0.564. The Balaban J connectivity index is 1.94. The molecule has 1 amide bonds. The summed E-state index contributed by atoms with van der Waals surface area (Å²) in [6, 6.07) is 9.91. The summed E-state index contributed by atoms with van der Waals surface area (Å²) < 4.78 is 20.7. The molecule has 2 rings (SSSR count). The molecule has 0 bridgehead atoms. The molecular weight excluding hydrogens is 374 g/mol. The Labute approximate surface area is 162 Å². The molecule has 8 heteroatoms. The highest BCUT2D eigenvalue weighted by Gasteiger charge is 2.17. The van der Waals surface area contributed by atoms with Gasteiger partial charge in [-0.25, -0.2) is 0 Å². The van der Waals surface area contributed by atoms with Crippen LogP contribution in [-0.2, 0) is 16.1 Å². The maximum atomic E-state index is 12.3. The average molecular weight is 394 g/mol. The van der Waals surface area contributed by atoms with E-state index in [2.05, 4.69) is 5.32 Å². The van der Waals surface area contributed by atoms with E-state index in [1.807, 2.05) is 0 Å². The normalized spacial score (nSPS) is 10.1. The van der Waals surface area contributed by atoms with Gasteiger partial charge in [0.2, 0.25) is 5.75 Å². The standard InChI is InChI=1S/C19H20ClNO6/c1-24-15-8-13(9-16(25-2)18(15)26-3)19(23)21-10-17(22)27-11-12-4-6-14(20)7-5-12/h4-9H,10-11H2,1-3H3,(H,21,23). The van der Waals surface area contributed by atoms with Gasteiger partial charge in [0.05, 0.1) is 21.3 Å². The second-order valence-electron chi connectivity index (χ2n) is 5.38. The van der Waals surface area contributed by atoms with Crippen molar-refractivity contribution in [2.24, 2.45) is 0 Å². The lowest BCUT2D eigenvalue weighted by atomic mass is 10.1. The number of methoxy groups -OCH3 is 3. The van der Waals surface area contributed by atoms with Crippen molar-refractivity contribution in [3.63, 3.8) is 0 Å². The summed E-state index contributed by atoms with van der Waals surface area (Å²) in [7, 11) is 4.37. The van der Waals surface area contributed by atoms with Gasteiger partial charge in [0, 0.05) is 10.6 Å². The lowest BCUT2D eigenvalue weighted by Gasteiger charge is -2.14. The van der Waals surface area contributed by atoms with Crippen molar-refractivity contribution in [2.45, 2.75) is 6.61 Å². The Morgan fingerprint density at radius 2 is 1.56 bits per heavy atom. The molecule has 0 saturated carbocycles. The molecule has 0 unspecified atom stereocenters. The second kappa shape index (κ2) is 9.68. The summed E-state index contributed by atoms with van der Waals surface area (Å²) in [5.74, 6) is 0.0157. The average Bonchev–Trinajstić information content (AvgIpc) is 2.70. The van der Waals surface area contributed by atoms with E-state index in [9.17, 15) is 9.59 Å². The van der Waals surface area contributed by atoms with Gasteiger partial charge < -0.3 is 24.3 Å². The number of amides is 1. The zero-order valence-corrected chi connectivity index (χ0v) is 16.0. The number of ether oxygens (including phenoxy) is 4. The fraction of sp³-hybridized carbons (Fsp3) is 0.263. The molecule has 0 aliphatic heterocycles. The topological polar surface area (TPSA) is 83.1 Å². The van der Waals surface area contributed by atoms with Crippen LogP contribution in [0.4, 0.5) is 0 Å². The molecule has 27 heavy (non-hydrogen) atoms. The second-order valence-corrected chi connectivity index (χ2v) is 5.82. The molecule has 0 atom stereocenters. The van der Waals surface area contributed by atoms with Crippen molar-refractivity contribution in [2.75, 3.05) is 27.9 Å². The SMILES string of the molecule is COc1cc(C(=O)NCC(=O)OCc2ccc(Cl)cc2)cc(OC)c1OC. The molecule has 0 saturated heterocycles. The zero-order chi connectivity index (χ0) is 19.8. The summed E-state index contributed by atoms with van der Waals surface area (Å²) in [6.45, 7) is -0.181. The van der Waals surface area contributed by atoms with Crippen LogP contribution in [0.3, 0.4) is 0 Å². The Morgan fingerprint density at radius 3 is 2.07 bits per heavy atom. The number of rotatable bonds is 8. The van der Waals surface area contributed by atoms with Gasteiger partial charge in [0.25, 0.3) is 5.91 Å². The van der Waals surface area contributed by atoms with Gasteiger partial charge in [-0.3, -0.25) is 9.59 Å². The molecule has 2 aromatic rings. The Kier molecular flexibility index (Phi) is 7.31. The molecule has 0 spiro atoms. The fourth-order valence-corrected chi connectivity index (χ4v) is 2.39. The Hall–Kier alpha value is -2.93. The molecule has 1 N–H and O–H groups in total. The molecule has 7 nitrogen and oxygen atoms in total. The van der Waals surface area contributed by atoms with Crippen LogP contribution < -0.4 is 19.5 Å². The van der Waals surface area contributed by atoms with E-state index >= 15 is 0 Å². The quantitative estimate of drug-likeness (QED) is 0.694. The maximum Gasteiger partial charge on any atom is 0.325 e. The molecule has 0 radical (unpaired) electrons. The number of carbonyl (C=O) groups is 2. The van der Waals surface area contributed by atoms with Gasteiger partial charge in [-0.05, 0) is 29.8 Å². The molecule has 144 valence electrons. The van der Waals surface area contributed by atoms with E-state index in [-0.39, 0.29) is 18.7 Å². The Morgan fingerprint density at radius 1 is 0.963 bits per heavy atom. The first kappa shape index (κ1) is 20.4. The van der Waals surface area contributed by atoms with E-state index in [1.54, 1.807) is 24.3 Å². The van der Waals surface area contributed by atoms with E-state index in [0.29, 0.717) is 22.3 Å². The van der Waals surface area contributed by atoms with E-state index in [4.69, 9.17) is 30.5 Å². The number of hydrogen-bond acceptors (Lipinski definition) is 6. The molecule has 2 aromatic carbocycles. The summed E-state index contributed by atoms with van der Waals surface area (Å²) in [5, 5.41) is 3.10. The van der Waals surface area contributed by atoms with Crippen LogP contribution in [0.2, 0.25) is 5.02 Å². The summed E-state index contributed by atoms with van der Waals surface area (Å²) in [6.07, 6.45) is 0. The number of carbonyl (C=O) groups excluding carboxylic acids is 2. The molecule has 0 fully saturated rings. The molecule has 0 aliphatic rings. The molecular formula is C19H20ClNO6. The third-order valence-electron chi connectivity index (χ3n) is 3.63. The van der Waals surface area contributed by atoms with Gasteiger partial charge in [-0.1, -0.05) is 23.7 Å². The minimum absolute atomic E-state index is 0.0933. The first-order valence-corrected chi connectivity index (χ1v) is 8.34. The molecule has 0 aromatic heterocycles. The van der Waals surface area contributed by atoms with Crippen molar-refractivity contribution in [3.8, 4) is 17.2 Å². The highest BCUT2D eigenvalue weighted by molar-refractivity contribution is 6.30. The van der Waals surface area contributed by atoms with Gasteiger partial charge in [-0.15, -0.1) is 0 Å². The highest BCUT2D eigenvalue weighted by Crippen LogP contribution is 2.38. The first-order valence-electron chi connectivity index (χ1n) is 7.96. The summed E-state index contributed by atoms with van der Waals surface area (Å²) >= 11 is 5.80. The molecule has 0 aliphatic carbocycles. The number of nitrogens with one attached hydrogen (secondary N) is 1.